The van der Waals surface area contributed by atoms with E-state index >= 15 is 0 Å². The zero-order chi connectivity index (χ0) is 6.53. The van der Waals surface area contributed by atoms with E-state index in [2.05, 4.69) is 11.6 Å². The summed E-state index contributed by atoms with van der Waals surface area (Å²) in [7, 11) is 0. The summed E-state index contributed by atoms with van der Waals surface area (Å²) >= 11 is 1.48. The number of ether oxygens (including phenoxy) is 1. The summed E-state index contributed by atoms with van der Waals surface area (Å²) in [5.41, 5.74) is 0. The van der Waals surface area contributed by atoms with Crippen molar-refractivity contribution in [1.29, 1.82) is 0 Å². The summed E-state index contributed by atoms with van der Waals surface area (Å²) < 4.78 is 5.08. The molecule has 1 heterocycles. The molecule has 3 heteroatoms. The van der Waals surface area contributed by atoms with Crippen LogP contribution in [0.3, 0.4) is 0 Å². The van der Waals surface area contributed by atoms with Crippen LogP contribution in [0.15, 0.2) is 24.2 Å². The van der Waals surface area contributed by atoms with Crippen molar-refractivity contribution in [2.75, 3.05) is 6.61 Å². The maximum absolute atomic E-state index is 5.08. The highest BCUT2D eigenvalue weighted by Gasteiger charge is 1.89. The molecule has 0 atom stereocenters. The van der Waals surface area contributed by atoms with Crippen molar-refractivity contribution in [3.8, 4) is 5.19 Å². The third-order valence-corrected chi connectivity index (χ3v) is 1.42. The molecule has 48 valence electrons. The Balaban J connectivity index is 2.38. The molecule has 0 radical (unpaired) electrons. The Hall–Kier alpha value is -0.830. The second-order valence-corrected chi connectivity index (χ2v) is 2.25. The van der Waals surface area contributed by atoms with Crippen LogP contribution < -0.4 is 4.74 Å². The van der Waals surface area contributed by atoms with Gasteiger partial charge in [-0.3, -0.25) is 0 Å². The maximum atomic E-state index is 5.08. The second kappa shape index (κ2) is 3.25. The fraction of sp³-hybridized carbons (Fsp3) is 0.167. The first-order valence-electron chi connectivity index (χ1n) is 2.56. The topological polar surface area (TPSA) is 22.1 Å². The highest BCUT2D eigenvalue weighted by molar-refractivity contribution is 7.11. The van der Waals surface area contributed by atoms with Crippen LogP contribution in [-0.4, -0.2) is 11.6 Å². The van der Waals surface area contributed by atoms with Crippen LogP contribution in [0.5, 0.6) is 5.19 Å². The van der Waals surface area contributed by atoms with Crippen molar-refractivity contribution in [3.63, 3.8) is 0 Å². The Labute approximate surface area is 57.8 Å². The van der Waals surface area contributed by atoms with Gasteiger partial charge in [0.2, 0.25) is 0 Å². The lowest BCUT2D eigenvalue weighted by atomic mass is 10.7. The predicted molar refractivity (Wildman–Crippen MR) is 37.8 cm³/mol. The van der Waals surface area contributed by atoms with Crippen molar-refractivity contribution in [1.82, 2.24) is 4.98 Å². The summed E-state index contributed by atoms with van der Waals surface area (Å²) in [5, 5.41) is 2.58. The van der Waals surface area contributed by atoms with Gasteiger partial charge in [0.1, 0.15) is 6.61 Å². The summed E-state index contributed by atoms with van der Waals surface area (Å²) in [6, 6.07) is 0. The molecular formula is C6H7NOS. The number of aromatic nitrogens is 1. The lowest BCUT2D eigenvalue weighted by molar-refractivity contribution is 0.361. The average molecular weight is 141 g/mol. The molecule has 0 N–H and O–H groups in total. The Bertz CT molecular complexity index is 171. The molecule has 0 saturated carbocycles. The van der Waals surface area contributed by atoms with E-state index in [1.165, 1.54) is 11.3 Å². The van der Waals surface area contributed by atoms with Crippen molar-refractivity contribution < 1.29 is 4.74 Å². The van der Waals surface area contributed by atoms with Gasteiger partial charge in [0.25, 0.3) is 5.19 Å². The monoisotopic (exact) mass is 141 g/mol. The number of rotatable bonds is 3. The molecule has 0 bridgehead atoms. The maximum Gasteiger partial charge on any atom is 0.273 e. The van der Waals surface area contributed by atoms with E-state index in [4.69, 9.17) is 4.74 Å². The zero-order valence-corrected chi connectivity index (χ0v) is 5.73. The van der Waals surface area contributed by atoms with E-state index in [9.17, 15) is 0 Å². The average Bonchev–Trinajstić information content (AvgIpc) is 2.34. The highest BCUT2D eigenvalue weighted by Crippen LogP contribution is 2.12. The molecule has 0 amide bonds. The summed E-state index contributed by atoms with van der Waals surface area (Å²) in [4.78, 5) is 3.90. The van der Waals surface area contributed by atoms with Crippen LogP contribution in [0, 0.1) is 0 Å². The number of thiazole rings is 1. The largest absolute Gasteiger partial charge is 0.466 e. The van der Waals surface area contributed by atoms with E-state index < -0.39 is 0 Å². The van der Waals surface area contributed by atoms with Crippen LogP contribution in [-0.2, 0) is 0 Å². The quantitative estimate of drug-likeness (QED) is 0.598. The number of nitrogens with zero attached hydrogens (tertiary/aromatic N) is 1. The summed E-state index contributed by atoms with van der Waals surface area (Å²) in [5.74, 6) is 0. The van der Waals surface area contributed by atoms with E-state index in [1.807, 2.05) is 5.38 Å². The second-order valence-electron chi connectivity index (χ2n) is 1.40. The molecule has 1 aromatic heterocycles. The van der Waals surface area contributed by atoms with Crippen molar-refractivity contribution in [2.45, 2.75) is 0 Å². The van der Waals surface area contributed by atoms with Crippen LogP contribution >= 0.6 is 11.3 Å². The van der Waals surface area contributed by atoms with Gasteiger partial charge in [-0.05, 0) is 0 Å². The Morgan fingerprint density at radius 3 is 3.33 bits per heavy atom. The van der Waals surface area contributed by atoms with Crippen molar-refractivity contribution in [3.05, 3.63) is 24.2 Å². The lowest BCUT2D eigenvalue weighted by Crippen LogP contribution is -1.90. The first kappa shape index (κ1) is 6.29. The van der Waals surface area contributed by atoms with E-state index in [0.717, 1.165) is 0 Å². The minimum Gasteiger partial charge on any atom is -0.466 e. The molecule has 1 rings (SSSR count). The Kier molecular flexibility index (Phi) is 2.27. The molecular weight excluding hydrogens is 134 g/mol. The summed E-state index contributed by atoms with van der Waals surface area (Å²) in [6.07, 6.45) is 3.41. The third-order valence-electron chi connectivity index (χ3n) is 0.734. The van der Waals surface area contributed by atoms with Gasteiger partial charge in [0, 0.05) is 11.6 Å². The molecule has 0 aliphatic heterocycles. The Morgan fingerprint density at radius 2 is 2.78 bits per heavy atom. The summed E-state index contributed by atoms with van der Waals surface area (Å²) in [6.45, 7) is 4.05. The van der Waals surface area contributed by atoms with Gasteiger partial charge in [-0.2, -0.15) is 0 Å². The van der Waals surface area contributed by atoms with Crippen molar-refractivity contribution in [2.24, 2.45) is 0 Å². The SMILES string of the molecule is C=CCOc1nccs1. The zero-order valence-electron chi connectivity index (χ0n) is 4.91. The molecule has 0 spiro atoms. The number of hydrogen-bond donors (Lipinski definition) is 0. The van der Waals surface area contributed by atoms with Gasteiger partial charge in [-0.15, -0.1) is 0 Å². The molecule has 0 aromatic carbocycles. The van der Waals surface area contributed by atoms with Gasteiger partial charge < -0.3 is 4.74 Å². The number of hydrogen-bond acceptors (Lipinski definition) is 3. The van der Waals surface area contributed by atoms with E-state index in [1.54, 1.807) is 12.3 Å². The fourth-order valence-electron chi connectivity index (χ4n) is 0.412. The van der Waals surface area contributed by atoms with Gasteiger partial charge in [-0.1, -0.05) is 24.0 Å². The van der Waals surface area contributed by atoms with Gasteiger partial charge in [-0.25, -0.2) is 4.98 Å². The van der Waals surface area contributed by atoms with E-state index in [0.29, 0.717) is 11.8 Å². The van der Waals surface area contributed by atoms with Crippen LogP contribution in [0.4, 0.5) is 0 Å². The molecule has 1 aromatic rings. The highest BCUT2D eigenvalue weighted by atomic mass is 32.1. The first-order chi connectivity index (χ1) is 4.43. The normalized spacial score (nSPS) is 8.89. The van der Waals surface area contributed by atoms with Crippen LogP contribution in [0.2, 0.25) is 0 Å². The van der Waals surface area contributed by atoms with E-state index in [-0.39, 0.29) is 0 Å². The molecule has 0 saturated heterocycles. The van der Waals surface area contributed by atoms with Gasteiger partial charge in [0.15, 0.2) is 0 Å². The van der Waals surface area contributed by atoms with Crippen LogP contribution in [0.1, 0.15) is 0 Å². The predicted octanol–water partition coefficient (Wildman–Crippen LogP) is 1.71. The molecule has 0 aliphatic rings. The standard InChI is InChI=1S/C6H7NOS/c1-2-4-8-6-7-3-5-9-6/h2-3,5H,1,4H2. The lowest BCUT2D eigenvalue weighted by Gasteiger charge is -1.93. The molecule has 0 unspecified atom stereocenters. The molecule has 0 fully saturated rings. The smallest absolute Gasteiger partial charge is 0.273 e. The first-order valence-corrected chi connectivity index (χ1v) is 3.44. The van der Waals surface area contributed by atoms with Gasteiger partial charge in [0.05, 0.1) is 0 Å². The fourth-order valence-corrected chi connectivity index (χ4v) is 0.908. The van der Waals surface area contributed by atoms with Gasteiger partial charge >= 0.3 is 0 Å². The minimum atomic E-state index is 0.535. The minimum absolute atomic E-state index is 0.535. The molecule has 0 aliphatic carbocycles. The van der Waals surface area contributed by atoms with Crippen LogP contribution in [0.25, 0.3) is 0 Å². The third kappa shape index (κ3) is 1.85. The molecule has 9 heavy (non-hydrogen) atoms. The Morgan fingerprint density at radius 1 is 1.89 bits per heavy atom. The van der Waals surface area contributed by atoms with Crippen molar-refractivity contribution >= 4 is 11.3 Å². The molecule has 2 nitrogen and oxygen atoms in total.